The lowest BCUT2D eigenvalue weighted by atomic mass is 10.2. The minimum Gasteiger partial charge on any atom is -0.261 e. The number of hydrogen-bond acceptors (Lipinski definition) is 4. The minimum absolute atomic E-state index is 0.630. The smallest absolute Gasteiger partial charge is 0.0991 e. The van der Waals surface area contributed by atoms with Gasteiger partial charge in [0.25, 0.3) is 0 Å². The SMILES string of the molecule is N#Cc1ccc(-n2cc(-c3cnccn3)cn2)cc1. The van der Waals surface area contributed by atoms with E-state index in [9.17, 15) is 0 Å². The molecule has 90 valence electrons. The molecular formula is C14H9N5. The molecular weight excluding hydrogens is 238 g/mol. The van der Waals surface area contributed by atoms with Crippen molar-refractivity contribution in [2.45, 2.75) is 0 Å². The van der Waals surface area contributed by atoms with Crippen LogP contribution in [0.2, 0.25) is 0 Å². The van der Waals surface area contributed by atoms with Gasteiger partial charge >= 0.3 is 0 Å². The Labute approximate surface area is 109 Å². The normalized spacial score (nSPS) is 10.1. The average molecular weight is 247 g/mol. The fraction of sp³-hybridized carbons (Fsp3) is 0. The predicted octanol–water partition coefficient (Wildman–Crippen LogP) is 2.20. The fourth-order valence-corrected chi connectivity index (χ4v) is 1.73. The van der Waals surface area contributed by atoms with Gasteiger partial charge in [-0.3, -0.25) is 9.97 Å². The minimum atomic E-state index is 0.630. The van der Waals surface area contributed by atoms with E-state index in [0.29, 0.717) is 5.56 Å². The summed E-state index contributed by atoms with van der Waals surface area (Å²) >= 11 is 0. The molecule has 0 aliphatic heterocycles. The first-order valence-corrected chi connectivity index (χ1v) is 5.68. The second-order valence-corrected chi connectivity index (χ2v) is 3.92. The first-order chi connectivity index (χ1) is 9.36. The average Bonchev–Trinajstić information content (AvgIpc) is 2.98. The van der Waals surface area contributed by atoms with Gasteiger partial charge in [-0.25, -0.2) is 4.68 Å². The molecule has 0 N–H and O–H groups in total. The van der Waals surface area contributed by atoms with Crippen LogP contribution >= 0.6 is 0 Å². The summed E-state index contributed by atoms with van der Waals surface area (Å²) in [6, 6.07) is 9.32. The van der Waals surface area contributed by atoms with Crippen LogP contribution in [0.4, 0.5) is 0 Å². The Morgan fingerprint density at radius 1 is 1.05 bits per heavy atom. The molecule has 0 spiro atoms. The van der Waals surface area contributed by atoms with E-state index in [1.165, 1.54) is 0 Å². The molecule has 0 atom stereocenters. The molecule has 5 heteroatoms. The molecule has 2 heterocycles. The Morgan fingerprint density at radius 3 is 2.58 bits per heavy atom. The lowest BCUT2D eigenvalue weighted by Gasteiger charge is -2.00. The summed E-state index contributed by atoms with van der Waals surface area (Å²) in [4.78, 5) is 8.25. The van der Waals surface area contributed by atoms with Crippen LogP contribution in [0.25, 0.3) is 16.9 Å². The van der Waals surface area contributed by atoms with E-state index >= 15 is 0 Å². The summed E-state index contributed by atoms with van der Waals surface area (Å²) in [5, 5.41) is 13.0. The zero-order chi connectivity index (χ0) is 13.1. The summed E-state index contributed by atoms with van der Waals surface area (Å²) in [5.41, 5.74) is 3.21. The van der Waals surface area contributed by atoms with Crippen molar-refractivity contribution in [2.75, 3.05) is 0 Å². The Balaban J connectivity index is 1.95. The number of aromatic nitrogens is 4. The van der Waals surface area contributed by atoms with Crippen LogP contribution in [0.15, 0.2) is 55.2 Å². The van der Waals surface area contributed by atoms with Gasteiger partial charge in [-0.1, -0.05) is 0 Å². The first kappa shape index (κ1) is 11.1. The van der Waals surface area contributed by atoms with Crippen molar-refractivity contribution in [3.05, 3.63) is 60.8 Å². The monoisotopic (exact) mass is 247 g/mol. The lowest BCUT2D eigenvalue weighted by molar-refractivity contribution is 0.880. The molecule has 19 heavy (non-hydrogen) atoms. The highest BCUT2D eigenvalue weighted by atomic mass is 15.3. The Hall–Kier alpha value is -3.00. The summed E-state index contributed by atoms with van der Waals surface area (Å²) in [6.45, 7) is 0. The first-order valence-electron chi connectivity index (χ1n) is 5.68. The highest BCUT2D eigenvalue weighted by Crippen LogP contribution is 2.16. The molecule has 0 aliphatic carbocycles. The van der Waals surface area contributed by atoms with Gasteiger partial charge in [-0.2, -0.15) is 10.4 Å². The van der Waals surface area contributed by atoms with E-state index < -0.39 is 0 Å². The van der Waals surface area contributed by atoms with Crippen LogP contribution in [0.5, 0.6) is 0 Å². The van der Waals surface area contributed by atoms with Crippen LogP contribution in [-0.2, 0) is 0 Å². The van der Waals surface area contributed by atoms with Crippen molar-refractivity contribution in [2.24, 2.45) is 0 Å². The summed E-state index contributed by atoms with van der Waals surface area (Å²) in [7, 11) is 0. The van der Waals surface area contributed by atoms with Gasteiger partial charge in [0, 0.05) is 24.2 Å². The van der Waals surface area contributed by atoms with Crippen LogP contribution < -0.4 is 0 Å². The molecule has 2 aromatic heterocycles. The van der Waals surface area contributed by atoms with Crippen LogP contribution in [0.3, 0.4) is 0 Å². The van der Waals surface area contributed by atoms with Gasteiger partial charge in [0.1, 0.15) is 0 Å². The third-order valence-electron chi connectivity index (χ3n) is 2.70. The zero-order valence-electron chi connectivity index (χ0n) is 9.93. The fourth-order valence-electron chi connectivity index (χ4n) is 1.73. The Kier molecular flexibility index (Phi) is 2.75. The molecule has 0 bridgehead atoms. The molecule has 0 fully saturated rings. The third kappa shape index (κ3) is 2.19. The van der Waals surface area contributed by atoms with Gasteiger partial charge in [-0.15, -0.1) is 0 Å². The highest BCUT2D eigenvalue weighted by molar-refractivity contribution is 5.56. The van der Waals surface area contributed by atoms with E-state index in [1.54, 1.807) is 41.6 Å². The van der Waals surface area contributed by atoms with Crippen LogP contribution in [0.1, 0.15) is 5.56 Å². The van der Waals surface area contributed by atoms with Crippen molar-refractivity contribution in [3.8, 4) is 23.0 Å². The van der Waals surface area contributed by atoms with Gasteiger partial charge in [-0.05, 0) is 24.3 Å². The van der Waals surface area contributed by atoms with E-state index in [-0.39, 0.29) is 0 Å². The summed E-state index contributed by atoms with van der Waals surface area (Å²) < 4.78 is 1.74. The Bertz CT molecular complexity index is 723. The molecule has 5 nitrogen and oxygen atoms in total. The topological polar surface area (TPSA) is 67.4 Å². The van der Waals surface area contributed by atoms with E-state index in [0.717, 1.165) is 16.9 Å². The van der Waals surface area contributed by atoms with Crippen molar-refractivity contribution < 1.29 is 0 Å². The van der Waals surface area contributed by atoms with E-state index in [2.05, 4.69) is 21.1 Å². The zero-order valence-corrected chi connectivity index (χ0v) is 9.93. The predicted molar refractivity (Wildman–Crippen MR) is 69.3 cm³/mol. The van der Waals surface area contributed by atoms with E-state index in [1.807, 2.05) is 18.3 Å². The van der Waals surface area contributed by atoms with Crippen molar-refractivity contribution in [1.82, 2.24) is 19.7 Å². The quantitative estimate of drug-likeness (QED) is 0.696. The molecule has 0 saturated heterocycles. The molecule has 0 radical (unpaired) electrons. The number of rotatable bonds is 2. The van der Waals surface area contributed by atoms with E-state index in [4.69, 9.17) is 5.26 Å². The maximum absolute atomic E-state index is 8.76. The van der Waals surface area contributed by atoms with Gasteiger partial charge in [0.2, 0.25) is 0 Å². The van der Waals surface area contributed by atoms with Crippen molar-refractivity contribution >= 4 is 0 Å². The van der Waals surface area contributed by atoms with Crippen molar-refractivity contribution in [1.29, 1.82) is 5.26 Å². The number of nitriles is 1. The Morgan fingerprint density at radius 2 is 1.89 bits per heavy atom. The summed E-state index contributed by atoms with van der Waals surface area (Å²) in [6.07, 6.45) is 8.59. The molecule has 0 amide bonds. The molecule has 0 aliphatic rings. The maximum Gasteiger partial charge on any atom is 0.0991 e. The van der Waals surface area contributed by atoms with Gasteiger partial charge < -0.3 is 0 Å². The molecule has 0 unspecified atom stereocenters. The molecule has 3 rings (SSSR count). The number of nitrogens with zero attached hydrogens (tertiary/aromatic N) is 5. The second kappa shape index (κ2) is 4.70. The third-order valence-corrected chi connectivity index (χ3v) is 2.70. The lowest BCUT2D eigenvalue weighted by Crippen LogP contribution is -1.93. The van der Waals surface area contributed by atoms with Crippen molar-refractivity contribution in [3.63, 3.8) is 0 Å². The number of benzene rings is 1. The second-order valence-electron chi connectivity index (χ2n) is 3.92. The maximum atomic E-state index is 8.76. The standard InChI is InChI=1S/C14H9N5/c15-7-11-1-3-13(4-2-11)19-10-12(8-18-19)14-9-16-5-6-17-14/h1-6,8-10H. The molecule has 3 aromatic rings. The van der Waals surface area contributed by atoms with Gasteiger partial charge in [0.05, 0.1) is 35.4 Å². The molecule has 0 saturated carbocycles. The highest BCUT2D eigenvalue weighted by Gasteiger charge is 2.04. The largest absolute Gasteiger partial charge is 0.261 e. The van der Waals surface area contributed by atoms with Crippen LogP contribution in [0, 0.1) is 11.3 Å². The number of hydrogen-bond donors (Lipinski definition) is 0. The molecule has 1 aromatic carbocycles. The van der Waals surface area contributed by atoms with Crippen LogP contribution in [-0.4, -0.2) is 19.7 Å². The summed E-state index contributed by atoms with van der Waals surface area (Å²) in [5.74, 6) is 0. The van der Waals surface area contributed by atoms with Gasteiger partial charge in [0.15, 0.2) is 0 Å².